The maximum absolute atomic E-state index is 11.3. The van der Waals surface area contributed by atoms with Crippen molar-refractivity contribution in [3.05, 3.63) is 35.9 Å². The van der Waals surface area contributed by atoms with Crippen molar-refractivity contribution in [1.82, 2.24) is 4.90 Å². The molecule has 4 heteroatoms. The Labute approximate surface area is 103 Å². The van der Waals surface area contributed by atoms with Gasteiger partial charge in [0, 0.05) is 13.1 Å². The van der Waals surface area contributed by atoms with Gasteiger partial charge in [0.05, 0.1) is 11.5 Å². The monoisotopic (exact) mass is 253 g/mol. The summed E-state index contributed by atoms with van der Waals surface area (Å²) in [5.74, 6) is 0.663. The molecule has 1 aliphatic rings. The minimum atomic E-state index is -2.73. The molecule has 0 amide bonds. The van der Waals surface area contributed by atoms with Crippen LogP contribution in [0.3, 0.4) is 0 Å². The van der Waals surface area contributed by atoms with Crippen molar-refractivity contribution in [2.45, 2.75) is 12.8 Å². The summed E-state index contributed by atoms with van der Waals surface area (Å²) in [6, 6.07) is 10.4. The average Bonchev–Trinajstić information content (AvgIpc) is 2.33. The van der Waals surface area contributed by atoms with Crippen molar-refractivity contribution < 1.29 is 8.42 Å². The standard InChI is InChI=1S/C13H19NO2S/c15-17(16)11-9-14(10-12-17)8-4-7-13-5-2-1-3-6-13/h1-3,5-6H,4,7-12H2. The molecule has 0 saturated carbocycles. The topological polar surface area (TPSA) is 37.4 Å². The van der Waals surface area contributed by atoms with Crippen LogP contribution in [-0.4, -0.2) is 44.5 Å². The van der Waals surface area contributed by atoms with Gasteiger partial charge in [0.15, 0.2) is 9.84 Å². The summed E-state index contributed by atoms with van der Waals surface area (Å²) in [5.41, 5.74) is 1.36. The molecule has 3 nitrogen and oxygen atoms in total. The fraction of sp³-hybridized carbons (Fsp3) is 0.538. The maximum atomic E-state index is 11.3. The minimum Gasteiger partial charge on any atom is -0.301 e. The second kappa shape index (κ2) is 5.65. The van der Waals surface area contributed by atoms with Gasteiger partial charge >= 0.3 is 0 Å². The smallest absolute Gasteiger partial charge is 0.152 e. The van der Waals surface area contributed by atoms with E-state index in [2.05, 4.69) is 29.2 Å². The molecule has 0 aliphatic carbocycles. The molecule has 2 rings (SSSR count). The van der Waals surface area contributed by atoms with Gasteiger partial charge in [0.1, 0.15) is 0 Å². The fourth-order valence-electron chi connectivity index (χ4n) is 2.13. The highest BCUT2D eigenvalue weighted by atomic mass is 32.2. The van der Waals surface area contributed by atoms with Crippen LogP contribution in [0.5, 0.6) is 0 Å². The zero-order valence-corrected chi connectivity index (χ0v) is 10.8. The molecule has 1 saturated heterocycles. The van der Waals surface area contributed by atoms with Gasteiger partial charge < -0.3 is 4.90 Å². The molecule has 0 unspecified atom stereocenters. The number of hydrogen-bond acceptors (Lipinski definition) is 3. The zero-order valence-electron chi connectivity index (χ0n) is 10.0. The van der Waals surface area contributed by atoms with Gasteiger partial charge in [-0.1, -0.05) is 30.3 Å². The van der Waals surface area contributed by atoms with Gasteiger partial charge in [0.2, 0.25) is 0 Å². The molecule has 1 heterocycles. The normalized spacial score (nSPS) is 20.2. The number of nitrogens with zero attached hydrogens (tertiary/aromatic N) is 1. The van der Waals surface area contributed by atoms with Crippen molar-refractivity contribution in [3.63, 3.8) is 0 Å². The number of rotatable bonds is 4. The third kappa shape index (κ3) is 4.13. The molecule has 0 atom stereocenters. The molecule has 0 spiro atoms. The van der Waals surface area contributed by atoms with Gasteiger partial charge in [-0.3, -0.25) is 0 Å². The van der Waals surface area contributed by atoms with Crippen LogP contribution in [0, 0.1) is 0 Å². The SMILES string of the molecule is O=S1(=O)CCN(CCCc2ccccc2)CC1. The number of hydrogen-bond donors (Lipinski definition) is 0. The zero-order chi connectivity index (χ0) is 12.1. The van der Waals surface area contributed by atoms with Gasteiger partial charge in [-0.25, -0.2) is 8.42 Å². The van der Waals surface area contributed by atoms with Gasteiger partial charge in [0.25, 0.3) is 0 Å². The lowest BCUT2D eigenvalue weighted by molar-refractivity contribution is 0.292. The van der Waals surface area contributed by atoms with Crippen molar-refractivity contribution in [2.75, 3.05) is 31.1 Å². The van der Waals surface area contributed by atoms with Crippen LogP contribution >= 0.6 is 0 Å². The third-order valence-electron chi connectivity index (χ3n) is 3.22. The lowest BCUT2D eigenvalue weighted by atomic mass is 10.1. The van der Waals surface area contributed by atoms with Gasteiger partial charge in [-0.2, -0.15) is 0 Å². The molecule has 1 fully saturated rings. The number of benzene rings is 1. The van der Waals surface area contributed by atoms with E-state index in [-0.39, 0.29) is 0 Å². The van der Waals surface area contributed by atoms with Crippen LogP contribution in [0.15, 0.2) is 30.3 Å². The van der Waals surface area contributed by atoms with E-state index in [9.17, 15) is 8.42 Å². The summed E-state index contributed by atoms with van der Waals surface area (Å²) in [7, 11) is -2.73. The van der Waals surface area contributed by atoms with Crippen LogP contribution in [0.1, 0.15) is 12.0 Å². The highest BCUT2D eigenvalue weighted by Gasteiger charge is 2.20. The predicted octanol–water partition coefficient (Wildman–Crippen LogP) is 1.35. The number of aryl methyl sites for hydroxylation is 1. The summed E-state index contributed by atoms with van der Waals surface area (Å²) in [6.45, 7) is 2.42. The first-order valence-corrected chi connectivity index (χ1v) is 7.94. The van der Waals surface area contributed by atoms with E-state index in [1.807, 2.05) is 6.07 Å². The van der Waals surface area contributed by atoms with E-state index < -0.39 is 9.84 Å². The van der Waals surface area contributed by atoms with E-state index in [0.29, 0.717) is 24.6 Å². The lowest BCUT2D eigenvalue weighted by Crippen LogP contribution is -2.40. The molecular formula is C13H19NO2S. The van der Waals surface area contributed by atoms with Gasteiger partial charge in [-0.05, 0) is 24.9 Å². The minimum absolute atomic E-state index is 0.332. The second-order valence-corrected chi connectivity index (χ2v) is 6.89. The summed E-state index contributed by atoms with van der Waals surface area (Å²) in [4.78, 5) is 2.25. The molecule has 17 heavy (non-hydrogen) atoms. The molecule has 0 radical (unpaired) electrons. The summed E-state index contributed by atoms with van der Waals surface area (Å²) >= 11 is 0. The maximum Gasteiger partial charge on any atom is 0.152 e. The van der Waals surface area contributed by atoms with E-state index in [0.717, 1.165) is 19.4 Å². The first kappa shape index (κ1) is 12.6. The Kier molecular flexibility index (Phi) is 4.18. The Bertz CT molecular complexity index is 428. The molecule has 1 aromatic carbocycles. The van der Waals surface area contributed by atoms with E-state index in [1.165, 1.54) is 5.56 Å². The van der Waals surface area contributed by atoms with Crippen LogP contribution in [0.4, 0.5) is 0 Å². The van der Waals surface area contributed by atoms with Crippen LogP contribution in [0.25, 0.3) is 0 Å². The molecule has 0 aromatic heterocycles. The predicted molar refractivity (Wildman–Crippen MR) is 69.9 cm³/mol. The van der Waals surface area contributed by atoms with E-state index in [4.69, 9.17) is 0 Å². The summed E-state index contributed by atoms with van der Waals surface area (Å²) < 4.78 is 22.5. The number of sulfone groups is 1. The Hall–Kier alpha value is -0.870. The lowest BCUT2D eigenvalue weighted by Gasteiger charge is -2.26. The highest BCUT2D eigenvalue weighted by Crippen LogP contribution is 2.07. The Morgan fingerprint density at radius 1 is 1.06 bits per heavy atom. The fourth-order valence-corrected chi connectivity index (χ4v) is 3.40. The molecule has 1 aromatic rings. The largest absolute Gasteiger partial charge is 0.301 e. The average molecular weight is 253 g/mol. The van der Waals surface area contributed by atoms with Crippen molar-refractivity contribution >= 4 is 9.84 Å². The molecule has 1 aliphatic heterocycles. The van der Waals surface area contributed by atoms with E-state index in [1.54, 1.807) is 0 Å². The molecule has 0 N–H and O–H groups in total. The molecule has 94 valence electrons. The molecular weight excluding hydrogens is 234 g/mol. The van der Waals surface area contributed by atoms with Crippen molar-refractivity contribution in [1.29, 1.82) is 0 Å². The Morgan fingerprint density at radius 2 is 1.71 bits per heavy atom. The summed E-state index contributed by atoms with van der Waals surface area (Å²) in [6.07, 6.45) is 2.17. The first-order chi connectivity index (χ1) is 8.16. The third-order valence-corrected chi connectivity index (χ3v) is 4.83. The Morgan fingerprint density at radius 3 is 2.35 bits per heavy atom. The second-order valence-electron chi connectivity index (χ2n) is 4.58. The van der Waals surface area contributed by atoms with Crippen LogP contribution in [0.2, 0.25) is 0 Å². The van der Waals surface area contributed by atoms with Crippen molar-refractivity contribution in [3.8, 4) is 0 Å². The quantitative estimate of drug-likeness (QED) is 0.813. The van der Waals surface area contributed by atoms with Gasteiger partial charge in [-0.15, -0.1) is 0 Å². The van der Waals surface area contributed by atoms with Crippen LogP contribution in [-0.2, 0) is 16.3 Å². The molecule has 0 bridgehead atoms. The van der Waals surface area contributed by atoms with Crippen molar-refractivity contribution in [2.24, 2.45) is 0 Å². The Balaban J connectivity index is 1.70. The van der Waals surface area contributed by atoms with Crippen LogP contribution < -0.4 is 0 Å². The first-order valence-electron chi connectivity index (χ1n) is 6.12. The summed E-state index contributed by atoms with van der Waals surface area (Å²) in [5, 5.41) is 0. The van der Waals surface area contributed by atoms with E-state index >= 15 is 0 Å². The highest BCUT2D eigenvalue weighted by molar-refractivity contribution is 7.91.